The minimum absolute atomic E-state index is 0.0182. The number of carbonyl (C=O) groups is 1. The van der Waals surface area contributed by atoms with Crippen LogP contribution in [0.4, 0.5) is 0 Å². The molecule has 15 nitrogen and oxygen atoms in total. The van der Waals surface area contributed by atoms with Gasteiger partial charge >= 0.3 is 5.97 Å². The molecule has 3 heterocycles. The van der Waals surface area contributed by atoms with Gasteiger partial charge in [0.2, 0.25) is 6.29 Å². The fourth-order valence-electron chi connectivity index (χ4n) is 5.52. The van der Waals surface area contributed by atoms with E-state index in [-0.39, 0.29) is 34.8 Å². The average Bonchev–Trinajstić information content (AvgIpc) is 3.04. The predicted molar refractivity (Wildman–Crippen MR) is 165 cm³/mol. The van der Waals surface area contributed by atoms with Crippen LogP contribution < -0.4 is 14.9 Å². The summed E-state index contributed by atoms with van der Waals surface area (Å²) in [5, 5.41) is 63.6. The van der Waals surface area contributed by atoms with Crippen molar-refractivity contribution in [3.63, 3.8) is 0 Å². The van der Waals surface area contributed by atoms with Crippen LogP contribution in [0.15, 0.2) is 51.7 Å². The van der Waals surface area contributed by atoms with Gasteiger partial charge in [-0.3, -0.25) is 9.59 Å². The summed E-state index contributed by atoms with van der Waals surface area (Å²) in [6.07, 6.45) is -14.8. The Morgan fingerprint density at radius 3 is 2.23 bits per heavy atom. The minimum atomic E-state index is -1.78. The van der Waals surface area contributed by atoms with E-state index in [9.17, 15) is 40.2 Å². The molecule has 2 aromatic carbocycles. The molecule has 2 aliphatic rings. The second-order valence-corrected chi connectivity index (χ2v) is 12.2. The largest absolute Gasteiger partial charge is 0.507 e. The number of rotatable bonds is 10. The number of phenolic OH excluding ortho intramolecular Hbond substituents is 1. The maximum Gasteiger partial charge on any atom is 0.306 e. The molecule has 0 spiro atoms. The zero-order chi connectivity index (χ0) is 34.9. The van der Waals surface area contributed by atoms with Gasteiger partial charge in [0.15, 0.2) is 17.8 Å². The number of carbonyl (C=O) groups excluding carboxylic acids is 1. The molecule has 2 saturated heterocycles. The van der Waals surface area contributed by atoms with Crippen LogP contribution in [0.1, 0.15) is 27.2 Å². The van der Waals surface area contributed by atoms with E-state index in [0.717, 1.165) is 6.07 Å². The number of hydrogen-bond donors (Lipinski definition) is 6. The minimum Gasteiger partial charge on any atom is -0.507 e. The highest BCUT2D eigenvalue weighted by Gasteiger charge is 2.48. The zero-order valence-corrected chi connectivity index (χ0v) is 26.7. The molecular weight excluding hydrogens is 636 g/mol. The van der Waals surface area contributed by atoms with Gasteiger partial charge < -0.3 is 63.5 Å². The molecule has 2 aliphatic heterocycles. The lowest BCUT2D eigenvalue weighted by Crippen LogP contribution is -2.62. The number of aliphatic hydroxyl groups is 5. The molecule has 262 valence electrons. The fraction of sp³-hybridized carbons (Fsp3) is 0.515. The molecule has 0 unspecified atom stereocenters. The maximum absolute atomic E-state index is 12.9. The Balaban J connectivity index is 1.28. The Kier molecular flexibility index (Phi) is 10.9. The smallest absolute Gasteiger partial charge is 0.306 e. The highest BCUT2D eigenvalue weighted by Crippen LogP contribution is 2.34. The first-order chi connectivity index (χ1) is 22.8. The first kappa shape index (κ1) is 35.5. The molecule has 2 fully saturated rings. The fourth-order valence-corrected chi connectivity index (χ4v) is 5.52. The molecule has 1 aromatic heterocycles. The van der Waals surface area contributed by atoms with Crippen LogP contribution in [0.3, 0.4) is 0 Å². The number of phenols is 1. The van der Waals surface area contributed by atoms with Crippen LogP contribution >= 0.6 is 0 Å². The third-order valence-corrected chi connectivity index (χ3v) is 8.12. The van der Waals surface area contributed by atoms with Crippen molar-refractivity contribution in [3.8, 4) is 28.6 Å². The molecular formula is C33H40O15. The number of methoxy groups -OCH3 is 1. The van der Waals surface area contributed by atoms with Gasteiger partial charge in [-0.1, -0.05) is 13.8 Å². The average molecular weight is 677 g/mol. The van der Waals surface area contributed by atoms with Gasteiger partial charge in [-0.15, -0.1) is 0 Å². The van der Waals surface area contributed by atoms with Crippen LogP contribution in [0.5, 0.6) is 17.2 Å². The van der Waals surface area contributed by atoms with Gasteiger partial charge in [-0.05, 0) is 37.1 Å². The van der Waals surface area contributed by atoms with Gasteiger partial charge in [0, 0.05) is 30.2 Å². The number of fused-ring (bicyclic) bond motifs is 1. The van der Waals surface area contributed by atoms with Gasteiger partial charge in [0.05, 0.1) is 19.8 Å². The number of aromatic hydroxyl groups is 1. The Hall–Kier alpha value is -3.80. The highest BCUT2D eigenvalue weighted by molar-refractivity contribution is 5.86. The van der Waals surface area contributed by atoms with Crippen molar-refractivity contribution in [1.82, 2.24) is 0 Å². The predicted octanol–water partition coefficient (Wildman–Crippen LogP) is 0.802. The third-order valence-electron chi connectivity index (χ3n) is 8.12. The van der Waals surface area contributed by atoms with Crippen molar-refractivity contribution < 1.29 is 68.3 Å². The van der Waals surface area contributed by atoms with Gasteiger partial charge in [0.1, 0.15) is 70.6 Å². The van der Waals surface area contributed by atoms with Crippen LogP contribution in [0, 0.1) is 5.92 Å². The molecule has 0 bridgehead atoms. The lowest BCUT2D eigenvalue weighted by Gasteiger charge is -2.43. The molecule has 0 saturated carbocycles. The first-order valence-corrected chi connectivity index (χ1v) is 15.4. The van der Waals surface area contributed by atoms with Gasteiger partial charge in [0.25, 0.3) is 0 Å². The molecule has 48 heavy (non-hydrogen) atoms. The first-order valence-electron chi connectivity index (χ1n) is 15.4. The Morgan fingerprint density at radius 2 is 1.56 bits per heavy atom. The molecule has 15 heteroatoms. The number of hydrogen-bond acceptors (Lipinski definition) is 15. The number of benzene rings is 2. The maximum atomic E-state index is 12.9. The second-order valence-electron chi connectivity index (χ2n) is 12.2. The molecule has 6 N–H and O–H groups in total. The summed E-state index contributed by atoms with van der Waals surface area (Å²) in [6.45, 7) is 4.67. The number of ether oxygens (including phenoxy) is 6. The van der Waals surface area contributed by atoms with Gasteiger partial charge in [-0.25, -0.2) is 0 Å². The van der Waals surface area contributed by atoms with Crippen molar-refractivity contribution in [2.75, 3.05) is 13.7 Å². The van der Waals surface area contributed by atoms with E-state index in [2.05, 4.69) is 0 Å². The summed E-state index contributed by atoms with van der Waals surface area (Å²) >= 11 is 0. The van der Waals surface area contributed by atoms with E-state index >= 15 is 0 Å². The Labute approximate surface area is 274 Å². The van der Waals surface area contributed by atoms with Crippen molar-refractivity contribution in [3.05, 3.63) is 52.7 Å². The normalized spacial score (nSPS) is 30.7. The van der Waals surface area contributed by atoms with Crippen molar-refractivity contribution in [2.45, 2.75) is 88.6 Å². The van der Waals surface area contributed by atoms with Crippen LogP contribution in [0.2, 0.25) is 0 Å². The van der Waals surface area contributed by atoms with Crippen molar-refractivity contribution in [1.29, 1.82) is 0 Å². The lowest BCUT2D eigenvalue weighted by atomic mass is 9.98. The molecule has 0 radical (unpaired) electrons. The third kappa shape index (κ3) is 7.58. The van der Waals surface area contributed by atoms with E-state index in [1.165, 1.54) is 26.2 Å². The SMILES string of the molecule is COc1ccc(-c2cc(=O)c3c(O)cc(O[C@@H]4O[C@H](CO[C@@H]5O[C@@H](C)[C@H](OC(=O)CC(C)C)[C@@H](O)[C@H]5O)[C@@H](O)[C@H](O)[C@H]4O)cc3o2)cc1. The summed E-state index contributed by atoms with van der Waals surface area (Å²) in [4.78, 5) is 25.0. The monoisotopic (exact) mass is 676 g/mol. The highest BCUT2D eigenvalue weighted by atomic mass is 16.7. The molecule has 10 atom stereocenters. The number of aliphatic hydroxyl groups excluding tert-OH is 5. The molecule has 0 aliphatic carbocycles. The lowest BCUT2D eigenvalue weighted by molar-refractivity contribution is -0.319. The van der Waals surface area contributed by atoms with Crippen molar-refractivity contribution in [2.24, 2.45) is 5.92 Å². The summed E-state index contributed by atoms with van der Waals surface area (Å²) < 4.78 is 39.1. The number of esters is 1. The standard InChI is InChI=1S/C33H40O15/c1-14(2)9-24(36)48-31-15(3)44-32(30(41)28(31)39)43-13-23-26(37)27(38)29(40)33(47-23)45-18-10-19(34)25-20(35)12-21(46-22(25)11-18)16-5-7-17(42-4)8-6-16/h5-8,10-12,14-15,23,26-34,37-41H,9,13H2,1-4H3/t15-,23+,26+,27-,28-,29+,30+,31-,32+,33+/m0/s1. The van der Waals surface area contributed by atoms with Crippen LogP contribution in [0.25, 0.3) is 22.3 Å². The summed E-state index contributed by atoms with van der Waals surface area (Å²) in [7, 11) is 1.52. The Bertz CT molecular complexity index is 1620. The quantitative estimate of drug-likeness (QED) is 0.163. The van der Waals surface area contributed by atoms with Gasteiger partial charge in [-0.2, -0.15) is 0 Å². The van der Waals surface area contributed by atoms with E-state index < -0.39 is 85.2 Å². The zero-order valence-electron chi connectivity index (χ0n) is 26.7. The molecule has 3 aromatic rings. The topological polar surface area (TPSA) is 224 Å². The van der Waals surface area contributed by atoms with Crippen molar-refractivity contribution >= 4 is 16.9 Å². The van der Waals surface area contributed by atoms with Crippen LogP contribution in [-0.2, 0) is 23.7 Å². The van der Waals surface area contributed by atoms with E-state index in [1.807, 2.05) is 13.8 Å². The van der Waals surface area contributed by atoms with E-state index in [0.29, 0.717) is 11.3 Å². The summed E-state index contributed by atoms with van der Waals surface area (Å²) in [6, 6.07) is 10.4. The second kappa shape index (κ2) is 14.8. The Morgan fingerprint density at radius 1 is 0.875 bits per heavy atom. The molecule has 0 amide bonds. The summed E-state index contributed by atoms with van der Waals surface area (Å²) in [5.74, 6) is -0.336. The van der Waals surface area contributed by atoms with E-state index in [4.69, 9.17) is 32.8 Å². The van der Waals surface area contributed by atoms with E-state index in [1.54, 1.807) is 24.3 Å². The molecule has 5 rings (SSSR count). The summed E-state index contributed by atoms with van der Waals surface area (Å²) in [5.41, 5.74) is -0.0101. The van der Waals surface area contributed by atoms with Crippen LogP contribution in [-0.4, -0.2) is 112 Å².